The normalized spacial score (nSPS) is 12.4. The number of unbranched alkanes of at least 4 members (excludes halogenated alkanes) is 1. The van der Waals surface area contributed by atoms with Crippen molar-refractivity contribution in [2.75, 3.05) is 40.5 Å². The number of hydrogen-bond acceptors (Lipinski definition) is 4. The van der Waals surface area contributed by atoms with E-state index in [1.54, 1.807) is 14.2 Å². The van der Waals surface area contributed by atoms with Crippen molar-refractivity contribution >= 4 is 5.91 Å². The van der Waals surface area contributed by atoms with Gasteiger partial charge >= 0.3 is 0 Å². The molecular formula is C11H24N2O3. The van der Waals surface area contributed by atoms with E-state index in [0.717, 1.165) is 19.4 Å². The SMILES string of the molecule is CCCCNC(=O)CNCC(COC)OC. The van der Waals surface area contributed by atoms with Crippen molar-refractivity contribution in [2.45, 2.75) is 25.9 Å². The van der Waals surface area contributed by atoms with Gasteiger partial charge in [-0.25, -0.2) is 0 Å². The van der Waals surface area contributed by atoms with E-state index in [1.165, 1.54) is 0 Å². The minimum absolute atomic E-state index is 0.00607. The zero-order valence-corrected chi connectivity index (χ0v) is 10.5. The van der Waals surface area contributed by atoms with Crippen molar-refractivity contribution in [3.63, 3.8) is 0 Å². The quantitative estimate of drug-likeness (QED) is 0.527. The lowest BCUT2D eigenvalue weighted by Crippen LogP contribution is -2.39. The minimum atomic E-state index is -0.00607. The maximum atomic E-state index is 11.3. The monoisotopic (exact) mass is 232 g/mol. The van der Waals surface area contributed by atoms with Crippen LogP contribution in [0.25, 0.3) is 0 Å². The Labute approximate surface area is 97.9 Å². The average Bonchev–Trinajstić information content (AvgIpc) is 2.28. The summed E-state index contributed by atoms with van der Waals surface area (Å²) < 4.78 is 10.1. The molecule has 0 aromatic rings. The Hall–Kier alpha value is -0.650. The first-order chi connectivity index (χ1) is 7.74. The molecule has 0 spiro atoms. The van der Waals surface area contributed by atoms with Crippen LogP contribution in [0.15, 0.2) is 0 Å². The molecule has 0 saturated carbocycles. The van der Waals surface area contributed by atoms with E-state index >= 15 is 0 Å². The van der Waals surface area contributed by atoms with Crippen molar-refractivity contribution in [1.82, 2.24) is 10.6 Å². The van der Waals surface area contributed by atoms with Crippen LogP contribution in [0.4, 0.5) is 0 Å². The Balaban J connectivity index is 3.44. The van der Waals surface area contributed by atoms with Crippen LogP contribution in [0.5, 0.6) is 0 Å². The Bertz CT molecular complexity index is 177. The van der Waals surface area contributed by atoms with E-state index in [-0.39, 0.29) is 12.0 Å². The fourth-order valence-corrected chi connectivity index (χ4v) is 1.21. The summed E-state index contributed by atoms with van der Waals surface area (Å²) in [7, 11) is 3.26. The number of hydrogen-bond donors (Lipinski definition) is 2. The van der Waals surface area contributed by atoms with Gasteiger partial charge in [0.05, 0.1) is 19.3 Å². The van der Waals surface area contributed by atoms with Gasteiger partial charge in [-0.2, -0.15) is 0 Å². The Kier molecular flexibility index (Phi) is 10.4. The van der Waals surface area contributed by atoms with E-state index in [1.807, 2.05) is 0 Å². The molecule has 16 heavy (non-hydrogen) atoms. The largest absolute Gasteiger partial charge is 0.382 e. The highest BCUT2D eigenvalue weighted by Gasteiger charge is 2.07. The summed E-state index contributed by atoms with van der Waals surface area (Å²) >= 11 is 0. The van der Waals surface area contributed by atoms with Gasteiger partial charge in [0, 0.05) is 27.3 Å². The summed E-state index contributed by atoms with van der Waals surface area (Å²) in [6, 6.07) is 0. The van der Waals surface area contributed by atoms with Gasteiger partial charge in [0.1, 0.15) is 0 Å². The summed E-state index contributed by atoms with van der Waals surface area (Å²) in [5.41, 5.74) is 0. The molecule has 0 aromatic carbocycles. The van der Waals surface area contributed by atoms with Crippen LogP contribution in [-0.4, -0.2) is 52.5 Å². The lowest BCUT2D eigenvalue weighted by Gasteiger charge is -2.14. The molecule has 0 bridgehead atoms. The molecule has 1 atom stereocenters. The molecule has 5 nitrogen and oxygen atoms in total. The molecule has 5 heteroatoms. The van der Waals surface area contributed by atoms with Gasteiger partial charge in [-0.05, 0) is 6.42 Å². The number of methoxy groups -OCH3 is 2. The third kappa shape index (κ3) is 8.64. The zero-order chi connectivity index (χ0) is 12.2. The second-order valence-electron chi connectivity index (χ2n) is 3.65. The third-order valence-corrected chi connectivity index (χ3v) is 2.20. The maximum Gasteiger partial charge on any atom is 0.233 e. The molecule has 0 fully saturated rings. The highest BCUT2D eigenvalue weighted by Crippen LogP contribution is 1.88. The lowest BCUT2D eigenvalue weighted by atomic mass is 10.3. The summed E-state index contributed by atoms with van der Waals surface area (Å²) in [6.07, 6.45) is 2.11. The predicted molar refractivity (Wildman–Crippen MR) is 63.5 cm³/mol. The van der Waals surface area contributed by atoms with Gasteiger partial charge in [-0.1, -0.05) is 13.3 Å². The van der Waals surface area contributed by atoms with Crippen molar-refractivity contribution in [2.24, 2.45) is 0 Å². The van der Waals surface area contributed by atoms with E-state index in [4.69, 9.17) is 9.47 Å². The topological polar surface area (TPSA) is 59.6 Å². The Morgan fingerprint density at radius 2 is 2.12 bits per heavy atom. The molecular weight excluding hydrogens is 208 g/mol. The molecule has 0 aliphatic carbocycles. The van der Waals surface area contributed by atoms with E-state index < -0.39 is 0 Å². The maximum absolute atomic E-state index is 11.3. The van der Waals surface area contributed by atoms with E-state index in [9.17, 15) is 4.79 Å². The summed E-state index contributed by atoms with van der Waals surface area (Å²) in [6.45, 7) is 4.32. The van der Waals surface area contributed by atoms with Crippen molar-refractivity contribution in [3.8, 4) is 0 Å². The number of ether oxygens (including phenoxy) is 2. The first-order valence-electron chi connectivity index (χ1n) is 5.73. The molecule has 0 aromatic heterocycles. The molecule has 0 aliphatic rings. The molecule has 0 aliphatic heterocycles. The van der Waals surface area contributed by atoms with Gasteiger partial charge in [-0.15, -0.1) is 0 Å². The van der Waals surface area contributed by atoms with Crippen LogP contribution in [0.1, 0.15) is 19.8 Å². The average molecular weight is 232 g/mol. The van der Waals surface area contributed by atoms with Crippen molar-refractivity contribution in [1.29, 1.82) is 0 Å². The fraction of sp³-hybridized carbons (Fsp3) is 0.909. The van der Waals surface area contributed by atoms with Crippen LogP contribution in [-0.2, 0) is 14.3 Å². The Morgan fingerprint density at radius 3 is 2.69 bits per heavy atom. The standard InChI is InChI=1S/C11H24N2O3/c1-4-5-6-13-11(14)8-12-7-10(16-3)9-15-2/h10,12H,4-9H2,1-3H3,(H,13,14). The fourth-order valence-electron chi connectivity index (χ4n) is 1.21. The highest BCUT2D eigenvalue weighted by atomic mass is 16.5. The molecule has 0 rings (SSSR count). The Morgan fingerprint density at radius 1 is 1.38 bits per heavy atom. The van der Waals surface area contributed by atoms with Gasteiger partial charge in [-0.3, -0.25) is 4.79 Å². The number of rotatable bonds is 10. The van der Waals surface area contributed by atoms with Crippen molar-refractivity contribution < 1.29 is 14.3 Å². The molecule has 0 saturated heterocycles. The summed E-state index contributed by atoms with van der Waals surface area (Å²) in [4.78, 5) is 11.3. The minimum Gasteiger partial charge on any atom is -0.382 e. The molecule has 96 valence electrons. The zero-order valence-electron chi connectivity index (χ0n) is 10.5. The summed E-state index contributed by atoms with van der Waals surface area (Å²) in [5.74, 6) is 0.0284. The number of nitrogens with one attached hydrogen (secondary N) is 2. The number of carbonyl (C=O) groups excluding carboxylic acids is 1. The molecule has 0 heterocycles. The van der Waals surface area contributed by atoms with Crippen LogP contribution in [0.3, 0.4) is 0 Å². The molecule has 0 radical (unpaired) electrons. The number of amides is 1. The first-order valence-corrected chi connectivity index (χ1v) is 5.73. The number of carbonyl (C=O) groups is 1. The predicted octanol–water partition coefficient (Wildman–Crippen LogP) is 0.154. The van der Waals surface area contributed by atoms with Gasteiger partial charge in [0.15, 0.2) is 0 Å². The van der Waals surface area contributed by atoms with Gasteiger partial charge < -0.3 is 20.1 Å². The molecule has 1 amide bonds. The second-order valence-corrected chi connectivity index (χ2v) is 3.65. The smallest absolute Gasteiger partial charge is 0.233 e. The third-order valence-electron chi connectivity index (χ3n) is 2.20. The second kappa shape index (κ2) is 10.9. The van der Waals surface area contributed by atoms with Crippen LogP contribution < -0.4 is 10.6 Å². The highest BCUT2D eigenvalue weighted by molar-refractivity contribution is 5.77. The first kappa shape index (κ1) is 15.3. The van der Waals surface area contributed by atoms with Gasteiger partial charge in [0.2, 0.25) is 5.91 Å². The van der Waals surface area contributed by atoms with Crippen molar-refractivity contribution in [3.05, 3.63) is 0 Å². The van der Waals surface area contributed by atoms with Crippen LogP contribution in [0, 0.1) is 0 Å². The molecule has 2 N–H and O–H groups in total. The lowest BCUT2D eigenvalue weighted by molar-refractivity contribution is -0.120. The van der Waals surface area contributed by atoms with Gasteiger partial charge in [0.25, 0.3) is 0 Å². The van der Waals surface area contributed by atoms with Crippen LogP contribution in [0.2, 0.25) is 0 Å². The van der Waals surface area contributed by atoms with E-state index in [2.05, 4.69) is 17.6 Å². The van der Waals surface area contributed by atoms with E-state index in [0.29, 0.717) is 19.7 Å². The molecule has 1 unspecified atom stereocenters. The van der Waals surface area contributed by atoms with Crippen LogP contribution >= 0.6 is 0 Å². The summed E-state index contributed by atoms with van der Waals surface area (Å²) in [5, 5.41) is 5.86.